The Kier molecular flexibility index (Phi) is 11.9. The molecule has 2 nitrogen and oxygen atoms in total. The minimum Gasteiger partial charge on any atom is -0.388 e. The maximum atomic E-state index is 12.0. The van der Waals surface area contributed by atoms with Gasteiger partial charge in [-0.2, -0.15) is 0 Å². The Morgan fingerprint density at radius 3 is 2.29 bits per heavy atom. The SMILES string of the molecule is CCCC/C=C/C(CCCC)CC(=O)C[C@@H](O)C(Cl)(Cl)Cl. The second kappa shape index (κ2) is 11.8. The van der Waals surface area contributed by atoms with E-state index >= 15 is 0 Å². The van der Waals surface area contributed by atoms with E-state index in [-0.39, 0.29) is 18.1 Å². The van der Waals surface area contributed by atoms with Crippen LogP contribution < -0.4 is 0 Å². The van der Waals surface area contributed by atoms with Crippen LogP contribution >= 0.6 is 34.8 Å². The zero-order valence-electron chi connectivity index (χ0n) is 13.0. The summed E-state index contributed by atoms with van der Waals surface area (Å²) in [6.45, 7) is 4.29. The van der Waals surface area contributed by atoms with Gasteiger partial charge in [0.25, 0.3) is 0 Å². The highest BCUT2D eigenvalue weighted by Crippen LogP contribution is 2.32. The van der Waals surface area contributed by atoms with Crippen LogP contribution in [0.5, 0.6) is 0 Å². The number of carbonyl (C=O) groups is 1. The van der Waals surface area contributed by atoms with Crippen LogP contribution in [0.3, 0.4) is 0 Å². The third kappa shape index (κ3) is 11.5. The standard InChI is InChI=1S/C16H27Cl3O2/c1-3-5-7-8-10-13(9-6-4-2)11-14(20)12-15(21)16(17,18)19/h8,10,13,15,21H,3-7,9,11-12H2,1-2H3/b10-8+/t13?,15-/m1/s1. The number of aliphatic hydroxyl groups is 1. The van der Waals surface area contributed by atoms with Crippen molar-refractivity contribution in [3.05, 3.63) is 12.2 Å². The second-order valence-corrected chi connectivity index (χ2v) is 7.85. The smallest absolute Gasteiger partial charge is 0.216 e. The molecule has 124 valence electrons. The molecule has 0 fully saturated rings. The fraction of sp³-hybridized carbons (Fsp3) is 0.812. The topological polar surface area (TPSA) is 37.3 Å². The average molecular weight is 358 g/mol. The van der Waals surface area contributed by atoms with Gasteiger partial charge in [0.15, 0.2) is 0 Å². The molecule has 0 amide bonds. The molecule has 0 spiro atoms. The molecule has 21 heavy (non-hydrogen) atoms. The van der Waals surface area contributed by atoms with Gasteiger partial charge in [0.05, 0.1) is 0 Å². The molecule has 0 radical (unpaired) electrons. The number of halogens is 3. The predicted molar refractivity (Wildman–Crippen MR) is 92.2 cm³/mol. The molecule has 2 atom stereocenters. The number of hydrogen-bond donors (Lipinski definition) is 1. The summed E-state index contributed by atoms with van der Waals surface area (Å²) < 4.78 is -1.80. The lowest BCUT2D eigenvalue weighted by atomic mass is 9.93. The van der Waals surface area contributed by atoms with Gasteiger partial charge >= 0.3 is 0 Å². The van der Waals surface area contributed by atoms with E-state index in [2.05, 4.69) is 26.0 Å². The van der Waals surface area contributed by atoms with Crippen molar-refractivity contribution >= 4 is 40.6 Å². The molecule has 0 saturated heterocycles. The molecular weight excluding hydrogens is 331 g/mol. The second-order valence-electron chi connectivity index (χ2n) is 5.48. The van der Waals surface area contributed by atoms with Crippen molar-refractivity contribution in [2.24, 2.45) is 5.92 Å². The number of aliphatic hydroxyl groups excluding tert-OH is 1. The van der Waals surface area contributed by atoms with Crippen molar-refractivity contribution in [2.75, 3.05) is 0 Å². The highest BCUT2D eigenvalue weighted by molar-refractivity contribution is 6.68. The summed E-state index contributed by atoms with van der Waals surface area (Å²) in [6.07, 6.45) is 9.88. The number of allylic oxidation sites excluding steroid dienone is 2. The number of ketones is 1. The maximum absolute atomic E-state index is 12.0. The highest BCUT2D eigenvalue weighted by Gasteiger charge is 2.32. The molecule has 0 heterocycles. The summed E-state index contributed by atoms with van der Waals surface area (Å²) in [5.41, 5.74) is 0. The third-order valence-corrected chi connectivity index (χ3v) is 4.11. The van der Waals surface area contributed by atoms with Crippen LogP contribution in [0, 0.1) is 5.92 Å². The first-order valence-corrected chi connectivity index (χ1v) is 8.87. The molecule has 0 rings (SSSR count). The van der Waals surface area contributed by atoms with Crippen molar-refractivity contribution in [2.45, 2.75) is 75.1 Å². The molecule has 1 unspecified atom stereocenters. The number of Topliss-reactive ketones (excluding diaryl/α,β-unsaturated/α-hetero) is 1. The Hall–Kier alpha value is 0.240. The first kappa shape index (κ1) is 21.2. The molecule has 1 N–H and O–H groups in total. The first-order valence-electron chi connectivity index (χ1n) is 7.74. The van der Waals surface area contributed by atoms with Gasteiger partial charge < -0.3 is 5.11 Å². The average Bonchev–Trinajstić information content (AvgIpc) is 2.39. The molecule has 0 aromatic carbocycles. The van der Waals surface area contributed by atoms with E-state index in [4.69, 9.17) is 34.8 Å². The summed E-state index contributed by atoms with van der Waals surface area (Å²) >= 11 is 16.7. The summed E-state index contributed by atoms with van der Waals surface area (Å²) in [5, 5.41) is 9.66. The summed E-state index contributed by atoms with van der Waals surface area (Å²) in [4.78, 5) is 12.0. The molecule has 0 saturated carbocycles. The minimum absolute atomic E-state index is 0.0601. The van der Waals surface area contributed by atoms with Gasteiger partial charge in [-0.15, -0.1) is 0 Å². The predicted octanol–water partition coefficient (Wildman–Crippen LogP) is 5.62. The van der Waals surface area contributed by atoms with E-state index in [1.165, 1.54) is 6.42 Å². The quantitative estimate of drug-likeness (QED) is 0.296. The van der Waals surface area contributed by atoms with Gasteiger partial charge in [0.1, 0.15) is 11.9 Å². The van der Waals surface area contributed by atoms with Crippen molar-refractivity contribution < 1.29 is 9.90 Å². The normalized spacial score (nSPS) is 15.3. The summed E-state index contributed by atoms with van der Waals surface area (Å²) in [6, 6.07) is 0. The fourth-order valence-corrected chi connectivity index (χ4v) is 2.28. The van der Waals surface area contributed by atoms with Crippen LogP contribution in [0.25, 0.3) is 0 Å². The minimum atomic E-state index is -1.80. The zero-order chi connectivity index (χ0) is 16.3. The number of unbranched alkanes of at least 4 members (excludes halogenated alkanes) is 3. The lowest BCUT2D eigenvalue weighted by Gasteiger charge is -2.19. The maximum Gasteiger partial charge on any atom is 0.216 e. The Bertz CT molecular complexity index is 311. The van der Waals surface area contributed by atoms with E-state index in [0.29, 0.717) is 6.42 Å². The molecule has 0 aliphatic carbocycles. The molecule has 0 aromatic heterocycles. The zero-order valence-corrected chi connectivity index (χ0v) is 15.2. The van der Waals surface area contributed by atoms with Crippen molar-refractivity contribution in [1.29, 1.82) is 0 Å². The van der Waals surface area contributed by atoms with Crippen LogP contribution in [0.4, 0.5) is 0 Å². The van der Waals surface area contributed by atoms with Crippen LogP contribution in [-0.2, 0) is 4.79 Å². The Balaban J connectivity index is 4.37. The van der Waals surface area contributed by atoms with Crippen LogP contribution in [-0.4, -0.2) is 20.8 Å². The van der Waals surface area contributed by atoms with Crippen molar-refractivity contribution in [3.8, 4) is 0 Å². The van der Waals surface area contributed by atoms with E-state index < -0.39 is 9.90 Å². The van der Waals surface area contributed by atoms with Crippen LogP contribution in [0.2, 0.25) is 0 Å². The first-order chi connectivity index (χ1) is 9.81. The van der Waals surface area contributed by atoms with E-state index in [0.717, 1.165) is 32.1 Å². The monoisotopic (exact) mass is 356 g/mol. The van der Waals surface area contributed by atoms with Gasteiger partial charge in [0, 0.05) is 12.8 Å². The van der Waals surface area contributed by atoms with E-state index in [9.17, 15) is 9.90 Å². The van der Waals surface area contributed by atoms with Crippen LogP contribution in [0.15, 0.2) is 12.2 Å². The molecule has 0 aliphatic rings. The highest BCUT2D eigenvalue weighted by atomic mass is 35.6. The summed E-state index contributed by atoms with van der Waals surface area (Å²) in [7, 11) is 0. The Morgan fingerprint density at radius 1 is 1.14 bits per heavy atom. The molecule has 5 heteroatoms. The largest absolute Gasteiger partial charge is 0.388 e. The molecule has 0 aromatic rings. The van der Waals surface area contributed by atoms with Gasteiger partial charge in [-0.05, 0) is 18.8 Å². The number of alkyl halides is 3. The lowest BCUT2D eigenvalue weighted by molar-refractivity contribution is -0.121. The van der Waals surface area contributed by atoms with Crippen LogP contribution in [0.1, 0.15) is 65.2 Å². The van der Waals surface area contributed by atoms with E-state index in [1.807, 2.05) is 0 Å². The van der Waals surface area contributed by atoms with Gasteiger partial charge in [-0.3, -0.25) is 4.79 Å². The molecule has 0 aliphatic heterocycles. The van der Waals surface area contributed by atoms with Gasteiger partial charge in [-0.25, -0.2) is 0 Å². The number of rotatable bonds is 11. The van der Waals surface area contributed by atoms with Crippen molar-refractivity contribution in [3.63, 3.8) is 0 Å². The Morgan fingerprint density at radius 2 is 1.76 bits per heavy atom. The number of hydrogen-bond acceptors (Lipinski definition) is 2. The third-order valence-electron chi connectivity index (χ3n) is 3.35. The van der Waals surface area contributed by atoms with Gasteiger partial charge in [0.2, 0.25) is 3.79 Å². The van der Waals surface area contributed by atoms with Crippen molar-refractivity contribution in [1.82, 2.24) is 0 Å². The fourth-order valence-electron chi connectivity index (χ4n) is 2.05. The number of carbonyl (C=O) groups excluding carboxylic acids is 1. The lowest BCUT2D eigenvalue weighted by Crippen LogP contribution is -2.28. The molecule has 0 bridgehead atoms. The van der Waals surface area contributed by atoms with Gasteiger partial charge in [-0.1, -0.05) is 86.5 Å². The Labute approximate surface area is 143 Å². The molecular formula is C16H27Cl3O2. The van der Waals surface area contributed by atoms with E-state index in [1.54, 1.807) is 0 Å². The summed E-state index contributed by atoms with van der Waals surface area (Å²) in [5.74, 6) is 0.159.